The van der Waals surface area contributed by atoms with Crippen molar-refractivity contribution in [2.75, 3.05) is 11.7 Å². The quantitative estimate of drug-likeness (QED) is 0.310. The van der Waals surface area contributed by atoms with Crippen LogP contribution in [0.3, 0.4) is 0 Å². The molecule has 2 heterocycles. The minimum absolute atomic E-state index is 0.0669. The topological polar surface area (TPSA) is 76.1 Å². The van der Waals surface area contributed by atoms with Crippen molar-refractivity contribution in [2.24, 2.45) is 0 Å². The Morgan fingerprint density at radius 2 is 1.60 bits per heavy atom. The normalized spacial score (nSPS) is 18.9. The number of aliphatic hydroxyl groups is 1. The summed E-state index contributed by atoms with van der Waals surface area (Å²) in [5.74, 6) is -1.44. The molecule has 0 spiro atoms. The van der Waals surface area contributed by atoms with E-state index >= 15 is 0 Å². The summed E-state index contributed by atoms with van der Waals surface area (Å²) in [6.07, 6.45) is 0. The van der Waals surface area contributed by atoms with Gasteiger partial charge in [-0.3, -0.25) is 14.5 Å². The van der Waals surface area contributed by atoms with Gasteiger partial charge in [0.25, 0.3) is 11.7 Å². The second kappa shape index (κ2) is 8.27. The molecule has 1 atom stereocenters. The maximum atomic E-state index is 13.5. The molecule has 0 aliphatic carbocycles. The van der Waals surface area contributed by atoms with E-state index in [1.165, 1.54) is 29.2 Å². The number of aliphatic hydroxyl groups excluding tert-OH is 1. The van der Waals surface area contributed by atoms with Gasteiger partial charge in [0, 0.05) is 17.3 Å². The first kappa shape index (κ1) is 22.7. The van der Waals surface area contributed by atoms with Gasteiger partial charge in [0.15, 0.2) is 11.5 Å². The first-order chi connectivity index (χ1) is 16.6. The van der Waals surface area contributed by atoms with E-state index < -0.39 is 23.5 Å². The van der Waals surface area contributed by atoms with Gasteiger partial charge in [-0.15, -0.1) is 0 Å². The van der Waals surface area contributed by atoms with Crippen molar-refractivity contribution in [1.29, 1.82) is 0 Å². The van der Waals surface area contributed by atoms with Crippen LogP contribution in [0.25, 0.3) is 5.76 Å². The Labute approximate surface area is 202 Å². The minimum Gasteiger partial charge on any atom is -0.507 e. The standard InChI is InChI=1S/C28H24FNO5/c1-28(2,3)18-8-4-16(5-9-18)24-23(25(31)17-6-10-19(29)11-7-17)26(32)27(33)30(24)20-12-13-21-22(14-20)35-15-34-21/h4-14,24,31H,15H2,1-3H3/b25-23+. The number of carbonyl (C=O) groups is 2. The zero-order chi connectivity index (χ0) is 24.9. The highest BCUT2D eigenvalue weighted by atomic mass is 19.1. The van der Waals surface area contributed by atoms with E-state index in [2.05, 4.69) is 20.8 Å². The molecule has 1 N–H and O–H groups in total. The van der Waals surface area contributed by atoms with Crippen molar-refractivity contribution in [3.05, 3.63) is 94.8 Å². The van der Waals surface area contributed by atoms with E-state index in [0.717, 1.165) is 5.56 Å². The number of carbonyl (C=O) groups excluding carboxylic acids is 2. The Hall–Kier alpha value is -4.13. The largest absolute Gasteiger partial charge is 0.507 e. The molecule has 0 bridgehead atoms. The highest BCUT2D eigenvalue weighted by molar-refractivity contribution is 6.51. The fraction of sp³-hybridized carbons (Fsp3) is 0.214. The van der Waals surface area contributed by atoms with Gasteiger partial charge < -0.3 is 14.6 Å². The Bertz CT molecular complexity index is 1350. The zero-order valence-corrected chi connectivity index (χ0v) is 19.5. The number of ketones is 1. The number of rotatable bonds is 3. The van der Waals surface area contributed by atoms with Gasteiger partial charge in [-0.2, -0.15) is 0 Å². The molecule has 1 saturated heterocycles. The molecule has 6 nitrogen and oxygen atoms in total. The van der Waals surface area contributed by atoms with Crippen molar-refractivity contribution < 1.29 is 28.6 Å². The number of anilines is 1. The Balaban J connectivity index is 1.69. The van der Waals surface area contributed by atoms with Crippen molar-refractivity contribution in [3.8, 4) is 11.5 Å². The summed E-state index contributed by atoms with van der Waals surface area (Å²) in [4.78, 5) is 27.9. The average molecular weight is 474 g/mol. The smallest absolute Gasteiger partial charge is 0.300 e. The molecule has 3 aromatic carbocycles. The molecule has 178 valence electrons. The van der Waals surface area contributed by atoms with Crippen LogP contribution in [0.2, 0.25) is 0 Å². The van der Waals surface area contributed by atoms with Crippen LogP contribution in [0.4, 0.5) is 10.1 Å². The lowest BCUT2D eigenvalue weighted by Crippen LogP contribution is -2.29. The predicted octanol–water partition coefficient (Wildman–Crippen LogP) is 5.48. The summed E-state index contributed by atoms with van der Waals surface area (Å²) in [5.41, 5.74) is 2.25. The number of hydrogen-bond acceptors (Lipinski definition) is 5. The predicted molar refractivity (Wildman–Crippen MR) is 129 cm³/mol. The lowest BCUT2D eigenvalue weighted by Gasteiger charge is -2.26. The van der Waals surface area contributed by atoms with Crippen LogP contribution in [0.5, 0.6) is 11.5 Å². The van der Waals surface area contributed by atoms with Gasteiger partial charge in [0.05, 0.1) is 11.6 Å². The Kier molecular flexibility index (Phi) is 5.35. The number of nitrogens with zero attached hydrogens (tertiary/aromatic N) is 1. The summed E-state index contributed by atoms with van der Waals surface area (Å²) in [7, 11) is 0. The van der Waals surface area contributed by atoms with Gasteiger partial charge in [-0.25, -0.2) is 4.39 Å². The van der Waals surface area contributed by atoms with E-state index in [-0.39, 0.29) is 29.1 Å². The number of Topliss-reactive ketones (excluding diaryl/α,β-unsaturated/α-hetero) is 1. The summed E-state index contributed by atoms with van der Waals surface area (Å²) in [6.45, 7) is 6.35. The first-order valence-corrected chi connectivity index (χ1v) is 11.2. The second-order valence-electron chi connectivity index (χ2n) is 9.59. The molecule has 2 aliphatic heterocycles. The van der Waals surface area contributed by atoms with Crippen molar-refractivity contribution >= 4 is 23.1 Å². The van der Waals surface area contributed by atoms with Gasteiger partial charge >= 0.3 is 0 Å². The van der Waals surface area contributed by atoms with Gasteiger partial charge in [-0.1, -0.05) is 45.0 Å². The molecule has 0 aromatic heterocycles. The van der Waals surface area contributed by atoms with Crippen LogP contribution in [0.1, 0.15) is 43.5 Å². The zero-order valence-electron chi connectivity index (χ0n) is 19.5. The second-order valence-corrected chi connectivity index (χ2v) is 9.59. The highest BCUT2D eigenvalue weighted by Crippen LogP contribution is 2.45. The maximum absolute atomic E-state index is 13.5. The SMILES string of the molecule is CC(C)(C)c1ccc(C2/C(=C(\O)c3ccc(F)cc3)C(=O)C(=O)N2c2ccc3c(c2)OCO3)cc1. The van der Waals surface area contributed by atoms with E-state index in [0.29, 0.717) is 22.7 Å². The first-order valence-electron chi connectivity index (χ1n) is 11.2. The van der Waals surface area contributed by atoms with Crippen LogP contribution in [0, 0.1) is 5.82 Å². The molecular formula is C28H24FNO5. The number of halogens is 1. The molecule has 0 saturated carbocycles. The third kappa shape index (κ3) is 3.93. The van der Waals surface area contributed by atoms with Crippen LogP contribution in [-0.2, 0) is 15.0 Å². The summed E-state index contributed by atoms with van der Waals surface area (Å²) in [6, 6.07) is 16.8. The number of amides is 1. The summed E-state index contributed by atoms with van der Waals surface area (Å²) >= 11 is 0. The number of ether oxygens (including phenoxy) is 2. The molecule has 3 aromatic rings. The third-order valence-corrected chi connectivity index (χ3v) is 6.29. The fourth-order valence-electron chi connectivity index (χ4n) is 4.38. The van der Waals surface area contributed by atoms with Crippen LogP contribution < -0.4 is 14.4 Å². The van der Waals surface area contributed by atoms with E-state index in [4.69, 9.17) is 9.47 Å². The molecule has 5 rings (SSSR count). The van der Waals surface area contributed by atoms with Crippen LogP contribution in [-0.4, -0.2) is 23.6 Å². The van der Waals surface area contributed by atoms with Crippen molar-refractivity contribution in [1.82, 2.24) is 0 Å². The van der Waals surface area contributed by atoms with Gasteiger partial charge in [-0.05, 0) is 52.9 Å². The molecule has 1 unspecified atom stereocenters. The molecule has 1 amide bonds. The maximum Gasteiger partial charge on any atom is 0.300 e. The summed E-state index contributed by atoms with van der Waals surface area (Å²) < 4.78 is 24.3. The van der Waals surface area contributed by atoms with Crippen molar-refractivity contribution in [2.45, 2.75) is 32.2 Å². The third-order valence-electron chi connectivity index (χ3n) is 6.29. The Morgan fingerprint density at radius 3 is 2.26 bits per heavy atom. The molecule has 0 radical (unpaired) electrons. The number of fused-ring (bicyclic) bond motifs is 1. The summed E-state index contributed by atoms with van der Waals surface area (Å²) in [5, 5.41) is 11.1. The van der Waals surface area contributed by atoms with E-state index in [1.54, 1.807) is 18.2 Å². The molecule has 7 heteroatoms. The monoisotopic (exact) mass is 473 g/mol. The van der Waals surface area contributed by atoms with Crippen LogP contribution >= 0.6 is 0 Å². The van der Waals surface area contributed by atoms with Gasteiger partial charge in [0.1, 0.15) is 11.6 Å². The molecule has 35 heavy (non-hydrogen) atoms. The van der Waals surface area contributed by atoms with Gasteiger partial charge in [0.2, 0.25) is 6.79 Å². The fourth-order valence-corrected chi connectivity index (χ4v) is 4.38. The average Bonchev–Trinajstić information content (AvgIpc) is 3.40. The Morgan fingerprint density at radius 1 is 0.943 bits per heavy atom. The number of benzene rings is 3. The lowest BCUT2D eigenvalue weighted by molar-refractivity contribution is -0.132. The van der Waals surface area contributed by atoms with Crippen LogP contribution in [0.15, 0.2) is 72.3 Å². The van der Waals surface area contributed by atoms with Crippen molar-refractivity contribution in [3.63, 3.8) is 0 Å². The minimum atomic E-state index is -0.894. The number of hydrogen-bond donors (Lipinski definition) is 1. The lowest BCUT2D eigenvalue weighted by atomic mass is 9.85. The molecular weight excluding hydrogens is 449 g/mol. The van der Waals surface area contributed by atoms with E-state index in [9.17, 15) is 19.1 Å². The molecule has 2 aliphatic rings. The molecule has 1 fully saturated rings. The highest BCUT2D eigenvalue weighted by Gasteiger charge is 2.47. The van der Waals surface area contributed by atoms with E-state index in [1.807, 2.05) is 24.3 Å².